The average Bonchev–Trinajstić information content (AvgIpc) is 3.08. The first-order valence-electron chi connectivity index (χ1n) is 8.97. The molecule has 0 saturated carbocycles. The molecule has 0 unspecified atom stereocenters. The molecule has 1 aliphatic carbocycles. The molecule has 2 saturated heterocycles. The number of hydrogen-bond acceptors (Lipinski definition) is 4. The third kappa shape index (κ3) is 3.67. The van der Waals surface area contributed by atoms with E-state index in [-0.39, 0.29) is 17.8 Å². The normalized spacial score (nSPS) is 48.4. The van der Waals surface area contributed by atoms with Gasteiger partial charge >= 0.3 is 0 Å². The Hall–Kier alpha value is -0.940. The van der Waals surface area contributed by atoms with E-state index in [9.17, 15) is 10.2 Å². The molecule has 5 atom stereocenters. The van der Waals surface area contributed by atoms with Crippen LogP contribution in [0.2, 0.25) is 0 Å². The second kappa shape index (κ2) is 6.41. The molecular formula is C20H30O4. The highest BCUT2D eigenvalue weighted by Gasteiger charge is 2.51. The fourth-order valence-corrected chi connectivity index (χ4v) is 3.79. The zero-order chi connectivity index (χ0) is 17.5. The highest BCUT2D eigenvalue weighted by molar-refractivity contribution is 5.31. The molecule has 2 fully saturated rings. The molecule has 0 radical (unpaired) electrons. The molecule has 0 aromatic rings. The van der Waals surface area contributed by atoms with Crippen LogP contribution in [0.4, 0.5) is 0 Å². The van der Waals surface area contributed by atoms with Crippen molar-refractivity contribution >= 4 is 0 Å². The first-order chi connectivity index (χ1) is 11.2. The van der Waals surface area contributed by atoms with E-state index in [1.54, 1.807) is 6.92 Å². The van der Waals surface area contributed by atoms with E-state index in [0.29, 0.717) is 19.4 Å². The third-order valence-electron chi connectivity index (χ3n) is 5.71. The molecule has 3 rings (SSSR count). The van der Waals surface area contributed by atoms with E-state index in [1.807, 2.05) is 6.08 Å². The Morgan fingerprint density at radius 1 is 1.29 bits per heavy atom. The average molecular weight is 334 g/mol. The summed E-state index contributed by atoms with van der Waals surface area (Å²) < 4.78 is 11.7. The maximum absolute atomic E-state index is 10.6. The minimum absolute atomic E-state index is 0.0970. The summed E-state index contributed by atoms with van der Waals surface area (Å²) in [6, 6.07) is 0. The van der Waals surface area contributed by atoms with E-state index in [1.165, 1.54) is 5.57 Å². The Morgan fingerprint density at radius 3 is 2.79 bits per heavy atom. The molecule has 0 amide bonds. The first kappa shape index (κ1) is 17.9. The number of rotatable bonds is 0. The highest BCUT2D eigenvalue weighted by atomic mass is 16.6. The zero-order valence-electron chi connectivity index (χ0n) is 15.0. The lowest BCUT2D eigenvalue weighted by Gasteiger charge is -2.20. The largest absolute Gasteiger partial charge is 0.389 e. The Labute approximate surface area is 144 Å². The monoisotopic (exact) mass is 334 g/mol. The number of hydrogen-bond donors (Lipinski definition) is 2. The van der Waals surface area contributed by atoms with E-state index in [0.717, 1.165) is 30.4 Å². The number of aliphatic hydroxyl groups excluding tert-OH is 1. The highest BCUT2D eigenvalue weighted by Crippen LogP contribution is 2.44. The van der Waals surface area contributed by atoms with E-state index in [2.05, 4.69) is 26.5 Å². The lowest BCUT2D eigenvalue weighted by atomic mass is 9.89. The Kier molecular flexibility index (Phi) is 4.77. The fourth-order valence-electron chi connectivity index (χ4n) is 3.79. The van der Waals surface area contributed by atoms with Gasteiger partial charge in [-0.15, -0.1) is 0 Å². The second-order valence-corrected chi connectivity index (χ2v) is 8.05. The molecule has 4 nitrogen and oxygen atoms in total. The van der Waals surface area contributed by atoms with Gasteiger partial charge in [0.2, 0.25) is 0 Å². The van der Waals surface area contributed by atoms with Crippen LogP contribution in [0.15, 0.2) is 35.5 Å². The van der Waals surface area contributed by atoms with Gasteiger partial charge in [0.1, 0.15) is 5.60 Å². The van der Waals surface area contributed by atoms with Gasteiger partial charge in [0.25, 0.3) is 0 Å². The van der Waals surface area contributed by atoms with Gasteiger partial charge in [-0.3, -0.25) is 0 Å². The minimum atomic E-state index is -0.956. The van der Waals surface area contributed by atoms with Crippen LogP contribution in [-0.2, 0) is 9.47 Å². The lowest BCUT2D eigenvalue weighted by molar-refractivity contribution is 0.0486. The number of epoxide rings is 1. The molecule has 24 heavy (non-hydrogen) atoms. The van der Waals surface area contributed by atoms with Gasteiger partial charge in [-0.05, 0) is 64.0 Å². The van der Waals surface area contributed by atoms with Crippen molar-refractivity contribution < 1.29 is 19.7 Å². The maximum Gasteiger partial charge on any atom is 0.109 e. The van der Waals surface area contributed by atoms with Crippen molar-refractivity contribution in [2.24, 2.45) is 0 Å². The molecule has 4 heteroatoms. The van der Waals surface area contributed by atoms with Crippen LogP contribution in [-0.4, -0.2) is 46.3 Å². The molecule has 0 spiro atoms. The number of fused-ring (bicyclic) bond motifs is 2. The summed E-state index contributed by atoms with van der Waals surface area (Å²) in [7, 11) is 0. The van der Waals surface area contributed by atoms with Gasteiger partial charge in [-0.1, -0.05) is 24.3 Å². The smallest absolute Gasteiger partial charge is 0.109 e. The summed E-state index contributed by atoms with van der Waals surface area (Å²) in [6.07, 6.45) is 7.65. The molecule has 0 aromatic heterocycles. The number of aliphatic hydroxyl groups is 2. The Balaban J connectivity index is 1.83. The summed E-state index contributed by atoms with van der Waals surface area (Å²) in [5, 5.41) is 20.9. The van der Waals surface area contributed by atoms with Gasteiger partial charge in [0.05, 0.1) is 30.5 Å². The topological polar surface area (TPSA) is 62.2 Å². The van der Waals surface area contributed by atoms with Gasteiger partial charge < -0.3 is 19.7 Å². The minimum Gasteiger partial charge on any atom is -0.389 e. The van der Waals surface area contributed by atoms with Crippen LogP contribution in [0.5, 0.6) is 0 Å². The molecule has 134 valence electrons. The van der Waals surface area contributed by atoms with Crippen LogP contribution in [0.25, 0.3) is 0 Å². The van der Waals surface area contributed by atoms with Crippen molar-refractivity contribution in [1.29, 1.82) is 0 Å². The fraction of sp³-hybridized carbons (Fsp3) is 0.700. The van der Waals surface area contributed by atoms with E-state index < -0.39 is 11.7 Å². The maximum atomic E-state index is 10.6. The van der Waals surface area contributed by atoms with Crippen molar-refractivity contribution in [3.63, 3.8) is 0 Å². The quantitative estimate of drug-likeness (QED) is 0.528. The van der Waals surface area contributed by atoms with E-state index in [4.69, 9.17) is 9.47 Å². The van der Waals surface area contributed by atoms with Crippen molar-refractivity contribution in [3.05, 3.63) is 35.5 Å². The summed E-state index contributed by atoms with van der Waals surface area (Å²) >= 11 is 0. The summed E-state index contributed by atoms with van der Waals surface area (Å²) in [6.45, 7) is 10.4. The zero-order valence-corrected chi connectivity index (χ0v) is 15.0. The summed E-state index contributed by atoms with van der Waals surface area (Å²) in [5.41, 5.74) is 1.86. The molecular weight excluding hydrogens is 304 g/mol. The van der Waals surface area contributed by atoms with Crippen LogP contribution in [0, 0.1) is 0 Å². The molecule has 2 aliphatic heterocycles. The predicted octanol–water partition coefficient (Wildman–Crippen LogP) is 3.05. The van der Waals surface area contributed by atoms with Gasteiger partial charge in [-0.2, -0.15) is 0 Å². The standard InChI is InChI=1S/C20H30O4/c1-13-5-8-18-20(4,24-18)10-9-16(21)14(2)6-7-15-17(11-13)23-12-19(15,3)22/h7,11,16-18,21-22H,2,5-6,8-10,12H2,1,3-4H3/b13-11+,15-7+/t16-,17-,18-,19-,20-/m0/s1. The molecule has 0 bridgehead atoms. The Morgan fingerprint density at radius 2 is 2.04 bits per heavy atom. The van der Waals surface area contributed by atoms with Crippen LogP contribution >= 0.6 is 0 Å². The number of allylic oxidation sites excluding steroid dienone is 2. The molecule has 2 heterocycles. The van der Waals surface area contributed by atoms with Crippen molar-refractivity contribution in [2.75, 3.05) is 6.61 Å². The summed E-state index contributed by atoms with van der Waals surface area (Å²) in [5.74, 6) is 0. The second-order valence-electron chi connectivity index (χ2n) is 8.05. The lowest BCUT2D eigenvalue weighted by Crippen LogP contribution is -2.27. The predicted molar refractivity (Wildman–Crippen MR) is 93.7 cm³/mol. The molecule has 3 aliphatic rings. The first-order valence-corrected chi connectivity index (χ1v) is 8.97. The van der Waals surface area contributed by atoms with Crippen molar-refractivity contribution in [2.45, 2.75) is 82.4 Å². The van der Waals surface area contributed by atoms with Crippen LogP contribution in [0.3, 0.4) is 0 Å². The van der Waals surface area contributed by atoms with Crippen molar-refractivity contribution in [3.8, 4) is 0 Å². The molecule has 2 N–H and O–H groups in total. The third-order valence-corrected chi connectivity index (χ3v) is 5.71. The van der Waals surface area contributed by atoms with Gasteiger partial charge in [0, 0.05) is 0 Å². The number of ether oxygens (including phenoxy) is 2. The van der Waals surface area contributed by atoms with Crippen LogP contribution < -0.4 is 0 Å². The van der Waals surface area contributed by atoms with Crippen molar-refractivity contribution in [1.82, 2.24) is 0 Å². The Bertz CT molecular complexity index is 574. The SMILES string of the molecule is C=C1C/C=C2\[C@H](/C=C(\C)CC[C@@H]3O[C@@]3(C)CC[C@@H]1O)OC[C@]2(C)O. The van der Waals surface area contributed by atoms with Crippen LogP contribution in [0.1, 0.15) is 52.9 Å². The van der Waals surface area contributed by atoms with E-state index >= 15 is 0 Å². The summed E-state index contributed by atoms with van der Waals surface area (Å²) in [4.78, 5) is 0. The molecule has 0 aromatic carbocycles. The van der Waals surface area contributed by atoms with Gasteiger partial charge in [0.15, 0.2) is 0 Å². The van der Waals surface area contributed by atoms with Gasteiger partial charge in [-0.25, -0.2) is 0 Å².